The maximum Gasteiger partial charge on any atom is 0.0627 e. The van der Waals surface area contributed by atoms with Crippen LogP contribution in [-0.4, -0.2) is 12.6 Å². The van der Waals surface area contributed by atoms with Crippen molar-refractivity contribution < 1.29 is 0 Å². The second-order valence-corrected chi connectivity index (χ2v) is 5.90. The summed E-state index contributed by atoms with van der Waals surface area (Å²) in [7, 11) is 0. The second kappa shape index (κ2) is 6.27. The molecular formula is C15H21Cl2N. The summed E-state index contributed by atoms with van der Waals surface area (Å²) in [4.78, 5) is 0. The van der Waals surface area contributed by atoms with Crippen molar-refractivity contribution in [2.24, 2.45) is 5.92 Å². The van der Waals surface area contributed by atoms with E-state index in [0.29, 0.717) is 22.9 Å². The summed E-state index contributed by atoms with van der Waals surface area (Å²) in [5.41, 5.74) is 1.23. The maximum absolute atomic E-state index is 6.32. The minimum atomic E-state index is 0.565. The average molecular weight is 286 g/mol. The van der Waals surface area contributed by atoms with Gasteiger partial charge in [-0.25, -0.2) is 0 Å². The zero-order chi connectivity index (χ0) is 13.1. The van der Waals surface area contributed by atoms with Crippen LogP contribution in [0.25, 0.3) is 0 Å². The number of halogens is 2. The fraction of sp³-hybridized carbons (Fsp3) is 0.600. The van der Waals surface area contributed by atoms with E-state index in [4.69, 9.17) is 23.2 Å². The normalized spacial score (nSPS) is 27.0. The van der Waals surface area contributed by atoms with Gasteiger partial charge in [0.05, 0.1) is 10.0 Å². The molecule has 2 rings (SSSR count). The minimum Gasteiger partial charge on any atom is -0.314 e. The fourth-order valence-electron chi connectivity index (χ4n) is 3.01. The van der Waals surface area contributed by atoms with Crippen molar-refractivity contribution in [3.63, 3.8) is 0 Å². The first-order valence-corrected chi connectivity index (χ1v) is 7.61. The molecule has 1 aromatic rings. The first-order chi connectivity index (χ1) is 8.69. The van der Waals surface area contributed by atoms with Crippen molar-refractivity contribution in [2.45, 2.75) is 45.1 Å². The second-order valence-electron chi connectivity index (χ2n) is 5.12. The Balaban J connectivity index is 2.09. The van der Waals surface area contributed by atoms with E-state index in [9.17, 15) is 0 Å². The van der Waals surface area contributed by atoms with Crippen molar-refractivity contribution in [3.8, 4) is 0 Å². The van der Waals surface area contributed by atoms with Gasteiger partial charge in [0.25, 0.3) is 0 Å². The van der Waals surface area contributed by atoms with Crippen molar-refractivity contribution in [3.05, 3.63) is 33.8 Å². The van der Waals surface area contributed by atoms with Crippen LogP contribution in [0.5, 0.6) is 0 Å². The minimum absolute atomic E-state index is 0.565. The van der Waals surface area contributed by atoms with Crippen LogP contribution in [-0.2, 0) is 0 Å². The van der Waals surface area contributed by atoms with E-state index in [1.807, 2.05) is 12.1 Å². The molecule has 1 saturated carbocycles. The summed E-state index contributed by atoms with van der Waals surface area (Å²) in [6.45, 7) is 5.57. The average Bonchev–Trinajstić information content (AvgIpc) is 2.33. The Kier molecular flexibility index (Phi) is 4.94. The van der Waals surface area contributed by atoms with Gasteiger partial charge in [-0.15, -0.1) is 0 Å². The van der Waals surface area contributed by atoms with E-state index >= 15 is 0 Å². The van der Waals surface area contributed by atoms with Gasteiger partial charge in [-0.2, -0.15) is 0 Å². The quantitative estimate of drug-likeness (QED) is 0.813. The van der Waals surface area contributed by atoms with Gasteiger partial charge in [0, 0.05) is 6.04 Å². The van der Waals surface area contributed by atoms with Gasteiger partial charge in [0.1, 0.15) is 0 Å². The van der Waals surface area contributed by atoms with Gasteiger partial charge >= 0.3 is 0 Å². The highest BCUT2D eigenvalue weighted by atomic mass is 35.5. The summed E-state index contributed by atoms with van der Waals surface area (Å²) < 4.78 is 0. The molecule has 1 aliphatic rings. The van der Waals surface area contributed by atoms with Crippen LogP contribution in [0.2, 0.25) is 10.0 Å². The molecule has 0 saturated heterocycles. The molecule has 0 amide bonds. The number of nitrogens with one attached hydrogen (secondary N) is 1. The molecule has 1 fully saturated rings. The molecule has 0 radical (unpaired) electrons. The van der Waals surface area contributed by atoms with Crippen LogP contribution in [0.4, 0.5) is 0 Å². The largest absolute Gasteiger partial charge is 0.314 e. The molecule has 1 aliphatic carbocycles. The lowest BCUT2D eigenvalue weighted by Gasteiger charge is -2.46. The highest BCUT2D eigenvalue weighted by molar-refractivity contribution is 6.42. The summed E-state index contributed by atoms with van der Waals surface area (Å²) in [5, 5.41) is 5.05. The molecule has 1 nitrogen and oxygen atoms in total. The van der Waals surface area contributed by atoms with Gasteiger partial charge in [-0.3, -0.25) is 0 Å². The molecule has 1 N–H and O–H groups in total. The van der Waals surface area contributed by atoms with E-state index in [2.05, 4.69) is 25.2 Å². The van der Waals surface area contributed by atoms with Crippen molar-refractivity contribution in [2.75, 3.05) is 6.54 Å². The van der Waals surface area contributed by atoms with Crippen LogP contribution in [0.15, 0.2) is 18.2 Å². The topological polar surface area (TPSA) is 12.0 Å². The number of rotatable bonds is 5. The summed E-state index contributed by atoms with van der Waals surface area (Å²) >= 11 is 12.4. The predicted molar refractivity (Wildman–Crippen MR) is 79.7 cm³/mol. The first-order valence-electron chi connectivity index (χ1n) is 6.86. The van der Waals surface area contributed by atoms with Crippen LogP contribution in [0.3, 0.4) is 0 Å². The van der Waals surface area contributed by atoms with E-state index in [0.717, 1.165) is 11.6 Å². The number of hydrogen-bond acceptors (Lipinski definition) is 1. The van der Waals surface area contributed by atoms with E-state index in [1.165, 1.54) is 24.8 Å². The third-order valence-electron chi connectivity index (χ3n) is 4.05. The molecule has 1 aromatic carbocycles. The predicted octanol–water partition coefficient (Wildman–Crippen LogP) is 4.88. The molecule has 3 atom stereocenters. The van der Waals surface area contributed by atoms with E-state index < -0.39 is 0 Å². The molecule has 0 aliphatic heterocycles. The summed E-state index contributed by atoms with van der Waals surface area (Å²) in [6.07, 6.45) is 3.56. The van der Waals surface area contributed by atoms with Gasteiger partial charge in [-0.05, 0) is 42.9 Å². The summed E-state index contributed by atoms with van der Waals surface area (Å²) in [5.74, 6) is 1.25. The standard InChI is InChI=1S/C15H21Cl2N/c1-3-8-18-14-9-12(10(14)4-2)11-6-5-7-13(16)15(11)17/h5-7,10,12,14,18H,3-4,8-9H2,1-2H3. The maximum atomic E-state index is 6.32. The molecule has 3 unspecified atom stereocenters. The zero-order valence-electron chi connectivity index (χ0n) is 11.0. The zero-order valence-corrected chi connectivity index (χ0v) is 12.6. The third kappa shape index (κ3) is 2.68. The Morgan fingerprint density at radius 3 is 2.72 bits per heavy atom. The highest BCUT2D eigenvalue weighted by Crippen LogP contribution is 2.47. The van der Waals surface area contributed by atoms with Crippen LogP contribution in [0.1, 0.15) is 44.6 Å². The highest BCUT2D eigenvalue weighted by Gasteiger charge is 2.40. The van der Waals surface area contributed by atoms with E-state index in [-0.39, 0.29) is 0 Å². The Morgan fingerprint density at radius 1 is 1.28 bits per heavy atom. The van der Waals surface area contributed by atoms with Gasteiger partial charge in [-0.1, -0.05) is 55.6 Å². The smallest absolute Gasteiger partial charge is 0.0627 e. The van der Waals surface area contributed by atoms with Crippen molar-refractivity contribution in [1.29, 1.82) is 0 Å². The molecule has 3 heteroatoms. The van der Waals surface area contributed by atoms with Gasteiger partial charge in [0.2, 0.25) is 0 Å². The third-order valence-corrected chi connectivity index (χ3v) is 4.88. The Labute approximate surface area is 120 Å². The fourth-order valence-corrected chi connectivity index (χ4v) is 3.45. The lowest BCUT2D eigenvalue weighted by molar-refractivity contribution is 0.161. The van der Waals surface area contributed by atoms with Crippen LogP contribution < -0.4 is 5.32 Å². The Hall–Kier alpha value is -0.240. The first kappa shape index (κ1) is 14.2. The molecule has 0 heterocycles. The van der Waals surface area contributed by atoms with E-state index in [1.54, 1.807) is 0 Å². The Bertz CT molecular complexity index is 405. The molecule has 0 spiro atoms. The molecule has 100 valence electrons. The monoisotopic (exact) mass is 285 g/mol. The lowest BCUT2D eigenvalue weighted by atomic mass is 9.65. The van der Waals surface area contributed by atoms with Gasteiger partial charge in [0.15, 0.2) is 0 Å². The lowest BCUT2D eigenvalue weighted by Crippen LogP contribution is -2.49. The summed E-state index contributed by atoms with van der Waals surface area (Å²) in [6, 6.07) is 6.63. The van der Waals surface area contributed by atoms with Crippen molar-refractivity contribution >= 4 is 23.2 Å². The number of hydrogen-bond donors (Lipinski definition) is 1. The van der Waals surface area contributed by atoms with Crippen molar-refractivity contribution in [1.82, 2.24) is 5.32 Å². The van der Waals surface area contributed by atoms with Gasteiger partial charge < -0.3 is 5.32 Å². The number of benzene rings is 1. The molecule has 0 aromatic heterocycles. The Morgan fingerprint density at radius 2 is 2.06 bits per heavy atom. The van der Waals surface area contributed by atoms with Crippen LogP contribution >= 0.6 is 23.2 Å². The molecular weight excluding hydrogens is 265 g/mol. The SMILES string of the molecule is CCCNC1CC(c2cccc(Cl)c2Cl)C1CC. The molecule has 0 bridgehead atoms. The molecule has 18 heavy (non-hydrogen) atoms. The van der Waals surface area contributed by atoms with Crippen LogP contribution in [0, 0.1) is 5.92 Å².